The van der Waals surface area contributed by atoms with Crippen molar-refractivity contribution < 1.29 is 9.26 Å². The lowest BCUT2D eigenvalue weighted by Gasteiger charge is -2.08. The molecule has 0 unspecified atom stereocenters. The number of aryl methyl sites for hydroxylation is 1. The molecule has 2 aromatic rings. The first-order valence-corrected chi connectivity index (χ1v) is 6.06. The molecule has 0 saturated heterocycles. The summed E-state index contributed by atoms with van der Waals surface area (Å²) in [7, 11) is 0. The molecule has 0 saturated carbocycles. The Morgan fingerprint density at radius 2 is 1.89 bits per heavy atom. The highest BCUT2D eigenvalue weighted by Gasteiger charge is 1.95. The lowest BCUT2D eigenvalue weighted by atomic mass is 10.3. The zero-order valence-electron chi connectivity index (χ0n) is 10.8. The molecule has 2 rings (SSSR count). The van der Waals surface area contributed by atoms with Gasteiger partial charge < -0.3 is 15.0 Å². The summed E-state index contributed by atoms with van der Waals surface area (Å²) in [6, 6.07) is 9.34. The van der Waals surface area contributed by atoms with Gasteiger partial charge in [0, 0.05) is 11.0 Å². The van der Waals surface area contributed by atoms with Gasteiger partial charge in [-0.3, -0.25) is 0 Å². The Morgan fingerprint density at radius 1 is 1.28 bits per heavy atom. The molecule has 0 aliphatic carbocycles. The van der Waals surface area contributed by atoms with Crippen LogP contribution >= 0.6 is 12.6 Å². The van der Waals surface area contributed by atoms with Crippen molar-refractivity contribution in [3.8, 4) is 5.75 Å². The Bertz CT molecular complexity index is 450. The minimum Gasteiger partial charge on any atom is -0.491 e. The fourth-order valence-corrected chi connectivity index (χ4v) is 1.33. The lowest BCUT2D eigenvalue weighted by Crippen LogP contribution is -2.04. The highest BCUT2D eigenvalue weighted by molar-refractivity contribution is 7.80. The second-order valence-corrected chi connectivity index (χ2v) is 4.54. The van der Waals surface area contributed by atoms with E-state index in [9.17, 15) is 0 Å². The molecule has 98 valence electrons. The highest BCUT2D eigenvalue weighted by atomic mass is 32.1. The van der Waals surface area contributed by atoms with Crippen LogP contribution in [0.3, 0.4) is 0 Å². The number of aromatic nitrogens is 1. The summed E-state index contributed by atoms with van der Waals surface area (Å²) < 4.78 is 10.0. The van der Waals surface area contributed by atoms with E-state index < -0.39 is 0 Å². The number of anilines is 1. The Labute approximate surface area is 113 Å². The van der Waals surface area contributed by atoms with Crippen LogP contribution in [0.2, 0.25) is 0 Å². The zero-order chi connectivity index (χ0) is 13.5. The van der Waals surface area contributed by atoms with Crippen LogP contribution in [-0.2, 0) is 0 Å². The van der Waals surface area contributed by atoms with Gasteiger partial charge in [0.15, 0.2) is 5.82 Å². The lowest BCUT2D eigenvalue weighted by molar-refractivity contribution is 0.242. The number of thiol groups is 1. The summed E-state index contributed by atoms with van der Waals surface area (Å²) >= 11 is 4.17. The van der Waals surface area contributed by atoms with Crippen LogP contribution in [0.25, 0.3) is 0 Å². The molecule has 0 atom stereocenters. The average molecular weight is 266 g/mol. The van der Waals surface area contributed by atoms with Crippen molar-refractivity contribution in [2.45, 2.75) is 31.8 Å². The number of hydrogen-bond acceptors (Lipinski definition) is 5. The molecule has 1 aromatic heterocycles. The topological polar surface area (TPSA) is 61.3 Å². The summed E-state index contributed by atoms with van der Waals surface area (Å²) in [4.78, 5) is 0.959. The third kappa shape index (κ3) is 5.63. The van der Waals surface area contributed by atoms with E-state index in [2.05, 4.69) is 22.3 Å². The normalized spacial score (nSPS) is 9.83. The average Bonchev–Trinajstić information content (AvgIpc) is 2.66. The molecule has 5 heteroatoms. The number of nitrogens with two attached hydrogens (primary N) is 1. The fraction of sp³-hybridized carbons (Fsp3) is 0.308. The van der Waals surface area contributed by atoms with E-state index >= 15 is 0 Å². The highest BCUT2D eigenvalue weighted by Crippen LogP contribution is 2.15. The third-order valence-electron chi connectivity index (χ3n) is 1.85. The van der Waals surface area contributed by atoms with Gasteiger partial charge in [-0.25, -0.2) is 0 Å². The minimum absolute atomic E-state index is 0.237. The molecule has 0 radical (unpaired) electrons. The maximum atomic E-state index is 5.44. The van der Waals surface area contributed by atoms with E-state index in [-0.39, 0.29) is 6.10 Å². The summed E-state index contributed by atoms with van der Waals surface area (Å²) in [6.45, 7) is 5.81. The fourth-order valence-electron chi connectivity index (χ4n) is 1.18. The van der Waals surface area contributed by atoms with Crippen LogP contribution in [0.4, 0.5) is 5.82 Å². The monoisotopic (exact) mass is 266 g/mol. The van der Waals surface area contributed by atoms with E-state index in [1.54, 1.807) is 13.0 Å². The first-order valence-electron chi connectivity index (χ1n) is 5.62. The molecular formula is C13H18N2O2S. The number of nitrogen functional groups attached to an aromatic ring is 1. The molecule has 1 aromatic carbocycles. The zero-order valence-corrected chi connectivity index (χ0v) is 11.6. The molecule has 0 aliphatic heterocycles. The van der Waals surface area contributed by atoms with Gasteiger partial charge in [-0.15, -0.1) is 12.6 Å². The van der Waals surface area contributed by atoms with Gasteiger partial charge in [0.05, 0.1) is 6.10 Å². The predicted molar refractivity (Wildman–Crippen MR) is 75.1 cm³/mol. The smallest absolute Gasteiger partial charge is 0.167 e. The van der Waals surface area contributed by atoms with Crippen LogP contribution in [0.5, 0.6) is 5.75 Å². The number of nitrogens with zero attached hydrogens (tertiary/aromatic N) is 1. The minimum atomic E-state index is 0.237. The predicted octanol–water partition coefficient (Wildman–Crippen LogP) is 3.33. The van der Waals surface area contributed by atoms with Gasteiger partial charge >= 0.3 is 0 Å². The molecular weight excluding hydrogens is 248 g/mol. The summed E-state index contributed by atoms with van der Waals surface area (Å²) in [5.41, 5.74) is 5.17. The Hall–Kier alpha value is -1.62. The SMILES string of the molecule is CC(C)Oc1ccc(S)cc1.Cc1cc(N)no1. The number of hydrogen-bond donors (Lipinski definition) is 2. The van der Waals surface area contributed by atoms with E-state index in [0.717, 1.165) is 16.4 Å². The van der Waals surface area contributed by atoms with Gasteiger partial charge in [-0.2, -0.15) is 0 Å². The Kier molecular flexibility index (Phi) is 5.58. The molecule has 0 amide bonds. The van der Waals surface area contributed by atoms with E-state index in [4.69, 9.17) is 10.5 Å². The molecule has 2 N–H and O–H groups in total. The molecule has 18 heavy (non-hydrogen) atoms. The number of benzene rings is 1. The summed E-state index contributed by atoms with van der Waals surface area (Å²) in [5, 5.41) is 3.42. The number of rotatable bonds is 2. The van der Waals surface area contributed by atoms with Crippen LogP contribution in [-0.4, -0.2) is 11.3 Å². The van der Waals surface area contributed by atoms with Gasteiger partial charge in [-0.1, -0.05) is 5.16 Å². The second-order valence-electron chi connectivity index (χ2n) is 4.02. The number of ether oxygens (including phenoxy) is 1. The maximum absolute atomic E-state index is 5.44. The van der Waals surface area contributed by atoms with Crippen molar-refractivity contribution in [3.05, 3.63) is 36.1 Å². The van der Waals surface area contributed by atoms with Gasteiger partial charge in [0.25, 0.3) is 0 Å². The van der Waals surface area contributed by atoms with E-state index in [1.165, 1.54) is 0 Å². The van der Waals surface area contributed by atoms with E-state index in [0.29, 0.717) is 5.82 Å². The van der Waals surface area contributed by atoms with Crippen molar-refractivity contribution in [1.29, 1.82) is 0 Å². The van der Waals surface area contributed by atoms with Crippen LogP contribution in [0, 0.1) is 6.92 Å². The van der Waals surface area contributed by atoms with Crippen LogP contribution < -0.4 is 10.5 Å². The molecule has 0 aliphatic rings. The van der Waals surface area contributed by atoms with Crippen molar-refractivity contribution >= 4 is 18.4 Å². The molecule has 0 spiro atoms. The van der Waals surface area contributed by atoms with Gasteiger partial charge in [-0.05, 0) is 45.0 Å². The molecule has 1 heterocycles. The Morgan fingerprint density at radius 3 is 2.22 bits per heavy atom. The maximum Gasteiger partial charge on any atom is 0.167 e. The van der Waals surface area contributed by atoms with Crippen LogP contribution in [0.1, 0.15) is 19.6 Å². The quantitative estimate of drug-likeness (QED) is 0.818. The van der Waals surface area contributed by atoms with Gasteiger partial charge in [0.2, 0.25) is 0 Å². The van der Waals surface area contributed by atoms with Crippen molar-refractivity contribution in [2.75, 3.05) is 5.73 Å². The van der Waals surface area contributed by atoms with Gasteiger partial charge in [0.1, 0.15) is 11.5 Å². The van der Waals surface area contributed by atoms with Crippen molar-refractivity contribution in [3.63, 3.8) is 0 Å². The van der Waals surface area contributed by atoms with Crippen molar-refractivity contribution in [1.82, 2.24) is 5.16 Å². The first-order chi connectivity index (χ1) is 8.47. The molecule has 4 nitrogen and oxygen atoms in total. The summed E-state index contributed by atoms with van der Waals surface area (Å²) in [5.74, 6) is 2.09. The van der Waals surface area contributed by atoms with Crippen LogP contribution in [0.15, 0.2) is 39.8 Å². The Balaban J connectivity index is 0.000000199. The van der Waals surface area contributed by atoms with Crippen molar-refractivity contribution in [2.24, 2.45) is 0 Å². The summed E-state index contributed by atoms with van der Waals surface area (Å²) in [6.07, 6.45) is 0.237. The first kappa shape index (κ1) is 14.4. The molecule has 0 bridgehead atoms. The largest absolute Gasteiger partial charge is 0.491 e. The second kappa shape index (κ2) is 6.96. The third-order valence-corrected chi connectivity index (χ3v) is 2.15. The standard InChI is InChI=1S/C9H12OS.C4H6N2O/c1-7(2)10-8-3-5-9(11)6-4-8;1-3-2-4(5)6-7-3/h3-7,11H,1-2H3;2H,1H3,(H2,5,6). The van der Waals surface area contributed by atoms with E-state index in [1.807, 2.05) is 38.1 Å². The molecule has 0 fully saturated rings.